The molecule has 0 aliphatic rings. The first kappa shape index (κ1) is 26.3. The van der Waals surface area contributed by atoms with Crippen LogP contribution in [0.3, 0.4) is 0 Å². The lowest BCUT2D eigenvalue weighted by Gasteiger charge is -2.26. The second kappa shape index (κ2) is 10.8. The predicted octanol–water partition coefficient (Wildman–Crippen LogP) is 12.7. The van der Waals surface area contributed by atoms with Crippen LogP contribution in [0, 0.1) is 0 Å². The van der Waals surface area contributed by atoms with Crippen LogP contribution in [0.1, 0.15) is 0 Å². The zero-order valence-corrected chi connectivity index (χ0v) is 25.1. The van der Waals surface area contributed by atoms with Crippen LogP contribution in [0.5, 0.6) is 0 Å². The third-order valence-electron chi connectivity index (χ3n) is 9.06. The van der Waals surface area contributed by atoms with E-state index in [1.165, 1.54) is 38.4 Å². The summed E-state index contributed by atoms with van der Waals surface area (Å²) < 4.78 is 6.97. The standard InChI is InChI=1S/C44H29NO/c1-3-10-30(11-4-1)32-20-25-36(26-21-32)45(37-27-22-33(23-28-37)31-12-5-2-6-13-31)41-17-9-16-39-40-29-24-35-19-18-34-14-7-8-15-38(34)42(35)44(40)46-43(39)41/h1-29H. The van der Waals surface area contributed by atoms with Gasteiger partial charge in [-0.25, -0.2) is 0 Å². The molecule has 0 unspecified atom stereocenters. The average Bonchev–Trinajstić information content (AvgIpc) is 3.53. The zero-order valence-electron chi connectivity index (χ0n) is 25.1. The molecule has 1 heterocycles. The molecule has 46 heavy (non-hydrogen) atoms. The Morgan fingerprint density at radius 2 is 0.826 bits per heavy atom. The van der Waals surface area contributed by atoms with Crippen molar-refractivity contribution in [2.75, 3.05) is 4.90 Å². The van der Waals surface area contributed by atoms with Crippen LogP contribution in [0.15, 0.2) is 180 Å². The van der Waals surface area contributed by atoms with Crippen LogP contribution >= 0.6 is 0 Å². The number of hydrogen-bond donors (Lipinski definition) is 0. The van der Waals surface area contributed by atoms with Crippen molar-refractivity contribution < 1.29 is 4.42 Å². The van der Waals surface area contributed by atoms with Crippen molar-refractivity contribution >= 4 is 60.5 Å². The van der Waals surface area contributed by atoms with Gasteiger partial charge in [0.05, 0.1) is 5.69 Å². The summed E-state index contributed by atoms with van der Waals surface area (Å²) in [4.78, 5) is 2.31. The van der Waals surface area contributed by atoms with Crippen molar-refractivity contribution in [3.05, 3.63) is 176 Å². The van der Waals surface area contributed by atoms with Crippen molar-refractivity contribution in [1.82, 2.24) is 0 Å². The molecule has 0 fully saturated rings. The van der Waals surface area contributed by atoms with Gasteiger partial charge in [0.2, 0.25) is 0 Å². The van der Waals surface area contributed by atoms with Gasteiger partial charge in [-0.2, -0.15) is 0 Å². The summed E-state index contributed by atoms with van der Waals surface area (Å²) in [5, 5.41) is 6.98. The fraction of sp³-hybridized carbons (Fsp3) is 0. The van der Waals surface area contributed by atoms with Crippen LogP contribution < -0.4 is 4.90 Å². The maximum absolute atomic E-state index is 6.97. The van der Waals surface area contributed by atoms with E-state index in [1.807, 2.05) is 0 Å². The van der Waals surface area contributed by atoms with Crippen molar-refractivity contribution in [3.63, 3.8) is 0 Å². The summed E-state index contributed by atoms with van der Waals surface area (Å²) in [5.74, 6) is 0. The first-order valence-corrected chi connectivity index (χ1v) is 15.7. The van der Waals surface area contributed by atoms with Gasteiger partial charge in [0.25, 0.3) is 0 Å². The van der Waals surface area contributed by atoms with Gasteiger partial charge >= 0.3 is 0 Å². The van der Waals surface area contributed by atoms with Crippen LogP contribution in [0.4, 0.5) is 17.1 Å². The summed E-state index contributed by atoms with van der Waals surface area (Å²) in [5.41, 5.74) is 9.70. The Hall–Kier alpha value is -6.12. The van der Waals surface area contributed by atoms with Crippen molar-refractivity contribution in [2.45, 2.75) is 0 Å². The zero-order chi connectivity index (χ0) is 30.5. The Balaban J connectivity index is 1.26. The molecule has 2 heteroatoms. The summed E-state index contributed by atoms with van der Waals surface area (Å²) >= 11 is 0. The molecule has 0 amide bonds. The molecule has 216 valence electrons. The predicted molar refractivity (Wildman–Crippen MR) is 194 cm³/mol. The maximum Gasteiger partial charge on any atom is 0.159 e. The number of fused-ring (bicyclic) bond motifs is 7. The normalized spacial score (nSPS) is 11.5. The molecule has 2 nitrogen and oxygen atoms in total. The number of nitrogens with zero attached hydrogens (tertiary/aromatic N) is 1. The molecule has 0 aliphatic heterocycles. The molecule has 0 atom stereocenters. The summed E-state index contributed by atoms with van der Waals surface area (Å²) in [7, 11) is 0. The van der Waals surface area contributed by atoms with Crippen molar-refractivity contribution in [3.8, 4) is 22.3 Å². The fourth-order valence-corrected chi connectivity index (χ4v) is 6.80. The number of para-hydroxylation sites is 1. The van der Waals surface area contributed by atoms with E-state index in [0.29, 0.717) is 0 Å². The Kier molecular flexibility index (Phi) is 6.17. The van der Waals surface area contributed by atoms with Gasteiger partial charge in [-0.3, -0.25) is 0 Å². The van der Waals surface area contributed by atoms with Crippen LogP contribution in [-0.4, -0.2) is 0 Å². The van der Waals surface area contributed by atoms with Gasteiger partial charge < -0.3 is 9.32 Å². The minimum Gasteiger partial charge on any atom is -0.453 e. The highest BCUT2D eigenvalue weighted by atomic mass is 16.3. The highest BCUT2D eigenvalue weighted by Gasteiger charge is 2.21. The second-order valence-electron chi connectivity index (χ2n) is 11.7. The first-order valence-electron chi connectivity index (χ1n) is 15.7. The second-order valence-corrected chi connectivity index (χ2v) is 11.7. The van der Waals surface area contributed by atoms with E-state index < -0.39 is 0 Å². The topological polar surface area (TPSA) is 16.4 Å². The number of hydrogen-bond acceptors (Lipinski definition) is 2. The molecule has 9 aromatic rings. The third kappa shape index (κ3) is 4.35. The summed E-state index contributed by atoms with van der Waals surface area (Å²) in [6, 6.07) is 62.5. The molecule has 8 aromatic carbocycles. The summed E-state index contributed by atoms with van der Waals surface area (Å²) in [6.45, 7) is 0. The van der Waals surface area contributed by atoms with E-state index in [2.05, 4.69) is 181 Å². The van der Waals surface area contributed by atoms with Crippen LogP contribution in [0.25, 0.3) is 65.7 Å². The highest BCUT2D eigenvalue weighted by molar-refractivity contribution is 6.24. The van der Waals surface area contributed by atoms with Gasteiger partial charge in [-0.05, 0) is 74.8 Å². The quantitative estimate of drug-likeness (QED) is 0.186. The van der Waals surface area contributed by atoms with Gasteiger partial charge in [0.15, 0.2) is 5.58 Å². The average molecular weight is 588 g/mol. The summed E-state index contributed by atoms with van der Waals surface area (Å²) in [6.07, 6.45) is 0. The van der Waals surface area contributed by atoms with E-state index in [-0.39, 0.29) is 0 Å². The lowest BCUT2D eigenvalue weighted by atomic mass is 9.99. The van der Waals surface area contributed by atoms with Gasteiger partial charge in [0, 0.05) is 27.5 Å². The number of furan rings is 1. The molecule has 9 rings (SSSR count). The lowest BCUT2D eigenvalue weighted by molar-refractivity contribution is 0.673. The number of benzene rings is 8. The molecular formula is C44H29NO. The fourth-order valence-electron chi connectivity index (χ4n) is 6.80. The SMILES string of the molecule is c1ccc(-c2ccc(N(c3ccc(-c4ccccc4)cc3)c3cccc4c3oc3c4ccc4ccc5ccccc5c43)cc2)cc1. The molecule has 0 saturated carbocycles. The molecule has 1 aromatic heterocycles. The minimum atomic E-state index is 0.872. The van der Waals surface area contributed by atoms with Gasteiger partial charge in [-0.1, -0.05) is 140 Å². The smallest absolute Gasteiger partial charge is 0.159 e. The Bertz CT molecular complexity index is 2410. The molecule has 0 N–H and O–H groups in total. The van der Waals surface area contributed by atoms with Crippen molar-refractivity contribution in [2.24, 2.45) is 0 Å². The molecular weight excluding hydrogens is 558 g/mol. The Morgan fingerprint density at radius 1 is 0.326 bits per heavy atom. The number of rotatable bonds is 5. The highest BCUT2D eigenvalue weighted by Crippen LogP contribution is 2.45. The number of anilines is 3. The monoisotopic (exact) mass is 587 g/mol. The lowest BCUT2D eigenvalue weighted by Crippen LogP contribution is -2.10. The molecule has 0 saturated heterocycles. The van der Waals surface area contributed by atoms with Gasteiger partial charge in [-0.15, -0.1) is 0 Å². The third-order valence-corrected chi connectivity index (χ3v) is 9.06. The minimum absolute atomic E-state index is 0.872. The van der Waals surface area contributed by atoms with E-state index in [4.69, 9.17) is 4.42 Å². The Labute approximate surface area is 267 Å². The molecule has 0 radical (unpaired) electrons. The van der Waals surface area contributed by atoms with E-state index in [0.717, 1.165) is 44.4 Å². The van der Waals surface area contributed by atoms with E-state index >= 15 is 0 Å². The largest absolute Gasteiger partial charge is 0.453 e. The van der Waals surface area contributed by atoms with Crippen LogP contribution in [0.2, 0.25) is 0 Å². The van der Waals surface area contributed by atoms with Crippen LogP contribution in [-0.2, 0) is 0 Å². The molecule has 0 aliphatic carbocycles. The Morgan fingerprint density at radius 3 is 1.48 bits per heavy atom. The van der Waals surface area contributed by atoms with Crippen molar-refractivity contribution in [1.29, 1.82) is 0 Å². The van der Waals surface area contributed by atoms with E-state index in [9.17, 15) is 0 Å². The molecule has 0 bridgehead atoms. The van der Waals surface area contributed by atoms with Gasteiger partial charge in [0.1, 0.15) is 5.58 Å². The first-order chi connectivity index (χ1) is 22.8. The maximum atomic E-state index is 6.97. The van der Waals surface area contributed by atoms with E-state index in [1.54, 1.807) is 0 Å². The molecule has 0 spiro atoms.